The van der Waals surface area contributed by atoms with E-state index in [0.717, 1.165) is 12.1 Å². The molecule has 0 saturated heterocycles. The van der Waals surface area contributed by atoms with Crippen LogP contribution in [0.2, 0.25) is 0 Å². The van der Waals surface area contributed by atoms with E-state index < -0.39 is 22.4 Å². The Morgan fingerprint density at radius 3 is 2.11 bits per heavy atom. The molecule has 0 N–H and O–H groups in total. The maximum absolute atomic E-state index is 12.7. The van der Waals surface area contributed by atoms with E-state index in [-0.39, 0.29) is 5.56 Å². The van der Waals surface area contributed by atoms with Gasteiger partial charge >= 0.3 is 6.18 Å². The molecule has 0 bridgehead atoms. The summed E-state index contributed by atoms with van der Waals surface area (Å²) in [4.78, 5) is 9.87. The van der Waals surface area contributed by atoms with E-state index in [1.165, 1.54) is 0 Å². The summed E-state index contributed by atoms with van der Waals surface area (Å²) in [6.45, 7) is 0. The summed E-state index contributed by atoms with van der Waals surface area (Å²) in [5.74, 6) is 0. The molecule has 19 heavy (non-hydrogen) atoms. The number of rotatable bonds is 2. The van der Waals surface area contributed by atoms with Crippen LogP contribution in [0.15, 0.2) is 48.5 Å². The Morgan fingerprint density at radius 1 is 0.947 bits per heavy atom. The fraction of sp³-hybridized carbons (Fsp3) is 0.0769. The Bertz CT molecular complexity index is 609. The molecular weight excluding hydrogens is 259 g/mol. The lowest BCUT2D eigenvalue weighted by molar-refractivity contribution is -0.385. The smallest absolute Gasteiger partial charge is 0.258 e. The summed E-state index contributed by atoms with van der Waals surface area (Å²) in [6.07, 6.45) is -4.62. The van der Waals surface area contributed by atoms with Crippen LogP contribution in [-0.2, 0) is 6.18 Å². The summed E-state index contributed by atoms with van der Waals surface area (Å²) in [7, 11) is 0. The molecule has 0 aliphatic heterocycles. The van der Waals surface area contributed by atoms with Gasteiger partial charge in [-0.3, -0.25) is 10.1 Å². The highest BCUT2D eigenvalue weighted by Gasteiger charge is 2.32. The Hall–Kier alpha value is -2.37. The van der Waals surface area contributed by atoms with Crippen molar-refractivity contribution in [2.24, 2.45) is 0 Å². The van der Waals surface area contributed by atoms with Gasteiger partial charge in [0.25, 0.3) is 5.69 Å². The van der Waals surface area contributed by atoms with Gasteiger partial charge in [-0.15, -0.1) is 0 Å². The molecule has 3 nitrogen and oxygen atoms in total. The Morgan fingerprint density at radius 2 is 1.58 bits per heavy atom. The third-order valence-electron chi connectivity index (χ3n) is 2.56. The molecule has 0 fully saturated rings. The van der Waals surface area contributed by atoms with Crippen molar-refractivity contribution in [2.75, 3.05) is 0 Å². The first-order valence-electron chi connectivity index (χ1n) is 5.30. The molecule has 0 saturated carbocycles. The quantitative estimate of drug-likeness (QED) is 0.602. The van der Waals surface area contributed by atoms with E-state index in [9.17, 15) is 23.3 Å². The highest BCUT2D eigenvalue weighted by molar-refractivity contribution is 5.67. The molecule has 0 aliphatic rings. The summed E-state index contributed by atoms with van der Waals surface area (Å²) < 4.78 is 38.1. The lowest BCUT2D eigenvalue weighted by Gasteiger charge is -2.09. The number of hydrogen-bond donors (Lipinski definition) is 0. The van der Waals surface area contributed by atoms with Gasteiger partial charge in [0.1, 0.15) is 0 Å². The van der Waals surface area contributed by atoms with Gasteiger partial charge in [-0.1, -0.05) is 30.3 Å². The largest absolute Gasteiger partial charge is 0.416 e. The standard InChI is InChI=1S/C13H8F3NO2/c14-13(15,16)11-6-10(7-12(8-11)17(18)19)9-4-2-1-3-5-9/h1-8H. The van der Waals surface area contributed by atoms with Crippen molar-refractivity contribution in [1.82, 2.24) is 0 Å². The van der Waals surface area contributed by atoms with Gasteiger partial charge in [0.2, 0.25) is 0 Å². The third-order valence-corrected chi connectivity index (χ3v) is 2.56. The topological polar surface area (TPSA) is 43.1 Å². The van der Waals surface area contributed by atoms with Crippen molar-refractivity contribution in [3.63, 3.8) is 0 Å². The second-order valence-electron chi connectivity index (χ2n) is 3.89. The van der Waals surface area contributed by atoms with E-state index in [2.05, 4.69) is 0 Å². The molecule has 2 aromatic rings. The molecule has 0 aliphatic carbocycles. The van der Waals surface area contributed by atoms with Crippen LogP contribution in [0.1, 0.15) is 5.56 Å². The first-order valence-corrected chi connectivity index (χ1v) is 5.30. The molecule has 0 heterocycles. The molecule has 0 aromatic heterocycles. The minimum Gasteiger partial charge on any atom is -0.258 e. The first kappa shape index (κ1) is 13.1. The van der Waals surface area contributed by atoms with Crippen LogP contribution in [0.3, 0.4) is 0 Å². The van der Waals surface area contributed by atoms with Crippen molar-refractivity contribution in [1.29, 1.82) is 0 Å². The van der Waals surface area contributed by atoms with E-state index in [1.807, 2.05) is 0 Å². The molecule has 98 valence electrons. The number of alkyl halides is 3. The van der Waals surface area contributed by atoms with E-state index >= 15 is 0 Å². The lowest BCUT2D eigenvalue weighted by Crippen LogP contribution is -2.06. The van der Waals surface area contributed by atoms with Crippen molar-refractivity contribution < 1.29 is 18.1 Å². The summed E-state index contributed by atoms with van der Waals surface area (Å²) >= 11 is 0. The van der Waals surface area contributed by atoms with Crippen LogP contribution in [0.4, 0.5) is 18.9 Å². The lowest BCUT2D eigenvalue weighted by atomic mass is 10.0. The number of halogens is 3. The monoisotopic (exact) mass is 267 g/mol. The zero-order chi connectivity index (χ0) is 14.0. The van der Waals surface area contributed by atoms with Gasteiger partial charge in [0.15, 0.2) is 0 Å². The van der Waals surface area contributed by atoms with Gasteiger partial charge < -0.3 is 0 Å². The number of non-ortho nitro benzene ring substituents is 1. The van der Waals surface area contributed by atoms with Crippen LogP contribution in [-0.4, -0.2) is 4.92 Å². The third kappa shape index (κ3) is 2.90. The first-order chi connectivity index (χ1) is 8.88. The average Bonchev–Trinajstić information content (AvgIpc) is 2.38. The molecule has 0 radical (unpaired) electrons. The molecular formula is C13H8F3NO2. The van der Waals surface area contributed by atoms with Crippen molar-refractivity contribution in [3.8, 4) is 11.1 Å². The zero-order valence-electron chi connectivity index (χ0n) is 9.52. The van der Waals surface area contributed by atoms with Crippen molar-refractivity contribution >= 4 is 5.69 Å². The summed E-state index contributed by atoms with van der Waals surface area (Å²) in [5, 5.41) is 10.7. The van der Waals surface area contributed by atoms with Gasteiger partial charge in [-0.2, -0.15) is 13.2 Å². The molecule has 0 spiro atoms. The number of nitro benzene ring substituents is 1. The summed E-state index contributed by atoms with van der Waals surface area (Å²) in [5.41, 5.74) is -0.937. The van der Waals surface area contributed by atoms with E-state index in [1.54, 1.807) is 30.3 Å². The fourth-order valence-electron chi connectivity index (χ4n) is 1.68. The Labute approximate surface area is 106 Å². The number of nitro groups is 1. The van der Waals surface area contributed by atoms with Crippen molar-refractivity contribution in [3.05, 3.63) is 64.2 Å². The van der Waals surface area contributed by atoms with Crippen LogP contribution in [0.5, 0.6) is 0 Å². The maximum atomic E-state index is 12.7. The molecule has 0 amide bonds. The predicted octanol–water partition coefficient (Wildman–Crippen LogP) is 4.28. The Kier molecular flexibility index (Phi) is 3.25. The maximum Gasteiger partial charge on any atom is 0.416 e. The SMILES string of the molecule is O=[N+]([O-])c1cc(-c2ccccc2)cc(C(F)(F)F)c1. The normalized spacial score (nSPS) is 11.3. The van der Waals surface area contributed by atoms with E-state index in [0.29, 0.717) is 11.6 Å². The Balaban J connectivity index is 2.62. The highest BCUT2D eigenvalue weighted by Crippen LogP contribution is 2.35. The second-order valence-corrected chi connectivity index (χ2v) is 3.89. The number of hydrogen-bond acceptors (Lipinski definition) is 2. The average molecular weight is 267 g/mol. The minimum atomic E-state index is -4.62. The molecule has 0 atom stereocenters. The van der Waals surface area contributed by atoms with Crippen molar-refractivity contribution in [2.45, 2.75) is 6.18 Å². The van der Waals surface area contributed by atoms with Gasteiger partial charge in [-0.05, 0) is 17.2 Å². The van der Waals surface area contributed by atoms with Crippen LogP contribution in [0.25, 0.3) is 11.1 Å². The molecule has 2 rings (SSSR count). The molecule has 6 heteroatoms. The number of nitrogens with zero attached hydrogens (tertiary/aromatic N) is 1. The van der Waals surface area contributed by atoms with Crippen LogP contribution < -0.4 is 0 Å². The highest BCUT2D eigenvalue weighted by atomic mass is 19.4. The molecule has 0 unspecified atom stereocenters. The van der Waals surface area contributed by atoms with Crippen LogP contribution in [0, 0.1) is 10.1 Å². The van der Waals surface area contributed by atoms with Crippen LogP contribution >= 0.6 is 0 Å². The fourth-order valence-corrected chi connectivity index (χ4v) is 1.68. The van der Waals surface area contributed by atoms with Gasteiger partial charge in [-0.25, -0.2) is 0 Å². The zero-order valence-corrected chi connectivity index (χ0v) is 9.52. The summed E-state index contributed by atoms with van der Waals surface area (Å²) in [6, 6.07) is 10.8. The second kappa shape index (κ2) is 4.72. The number of benzene rings is 2. The van der Waals surface area contributed by atoms with Gasteiger partial charge in [0, 0.05) is 12.1 Å². The predicted molar refractivity (Wildman–Crippen MR) is 63.5 cm³/mol. The van der Waals surface area contributed by atoms with Gasteiger partial charge in [0.05, 0.1) is 10.5 Å². The molecule has 2 aromatic carbocycles. The minimum absolute atomic E-state index is 0.169. The van der Waals surface area contributed by atoms with E-state index in [4.69, 9.17) is 0 Å².